The molecule has 0 spiro atoms. The number of rotatable bonds is 4. The summed E-state index contributed by atoms with van der Waals surface area (Å²) in [6.07, 6.45) is 4.66. The maximum absolute atomic E-state index is 14.0. The van der Waals surface area contributed by atoms with Crippen molar-refractivity contribution in [1.29, 1.82) is 5.26 Å². The lowest BCUT2D eigenvalue weighted by Crippen LogP contribution is -2.40. The van der Waals surface area contributed by atoms with Crippen molar-refractivity contribution in [1.82, 2.24) is 10.2 Å². The van der Waals surface area contributed by atoms with E-state index in [1.807, 2.05) is 6.07 Å². The van der Waals surface area contributed by atoms with Crippen LogP contribution in [0.15, 0.2) is 42.5 Å². The normalized spacial score (nSPS) is 17.4. The number of carbonyl (C=O) groups excluding carboxylic acids is 3. The van der Waals surface area contributed by atoms with E-state index in [0.29, 0.717) is 0 Å². The Hall–Kier alpha value is -3.53. The fraction of sp³-hybridized carbons (Fsp3) is 0.304. The molecule has 0 saturated heterocycles. The molecule has 1 atom stereocenters. The lowest BCUT2D eigenvalue weighted by atomic mass is 9.94. The quantitative estimate of drug-likeness (QED) is 0.785. The monoisotopic (exact) mass is 405 g/mol. The first-order valence-corrected chi connectivity index (χ1v) is 9.98. The lowest BCUT2D eigenvalue weighted by Gasteiger charge is -2.29. The van der Waals surface area contributed by atoms with Gasteiger partial charge in [0.05, 0.1) is 17.2 Å². The van der Waals surface area contributed by atoms with Crippen molar-refractivity contribution < 1.29 is 18.8 Å². The van der Waals surface area contributed by atoms with Gasteiger partial charge in [0.25, 0.3) is 17.7 Å². The van der Waals surface area contributed by atoms with Gasteiger partial charge in [-0.25, -0.2) is 4.39 Å². The molecular formula is C23H20FN3O3. The molecule has 7 heteroatoms. The van der Waals surface area contributed by atoms with Crippen LogP contribution >= 0.6 is 0 Å². The minimum Gasteiger partial charge on any atom is -0.332 e. The highest BCUT2D eigenvalue weighted by Gasteiger charge is 2.40. The average Bonchev–Trinajstić information content (AvgIpc) is 3.02. The van der Waals surface area contributed by atoms with E-state index in [4.69, 9.17) is 0 Å². The van der Waals surface area contributed by atoms with E-state index in [1.165, 1.54) is 41.3 Å². The van der Waals surface area contributed by atoms with Crippen molar-refractivity contribution in [2.75, 3.05) is 0 Å². The van der Waals surface area contributed by atoms with Gasteiger partial charge in [0.2, 0.25) is 0 Å². The molecule has 1 saturated carbocycles. The highest BCUT2D eigenvalue weighted by molar-refractivity contribution is 6.22. The molecule has 1 heterocycles. The molecule has 3 amide bonds. The summed E-state index contributed by atoms with van der Waals surface area (Å²) in [7, 11) is 0. The summed E-state index contributed by atoms with van der Waals surface area (Å²) in [4.78, 5) is 39.6. The molecule has 0 radical (unpaired) electrons. The average molecular weight is 405 g/mol. The third-order valence-electron chi connectivity index (χ3n) is 5.74. The van der Waals surface area contributed by atoms with E-state index in [9.17, 15) is 24.0 Å². The number of hydrogen-bond acceptors (Lipinski definition) is 4. The number of fused-ring (bicyclic) bond motifs is 1. The second kappa shape index (κ2) is 8.07. The Morgan fingerprint density at radius 1 is 1.07 bits per heavy atom. The summed E-state index contributed by atoms with van der Waals surface area (Å²) in [6, 6.07) is 10.6. The van der Waals surface area contributed by atoms with Crippen molar-refractivity contribution >= 4 is 17.7 Å². The van der Waals surface area contributed by atoms with Gasteiger partial charge in [0.15, 0.2) is 0 Å². The topological polar surface area (TPSA) is 90.3 Å². The summed E-state index contributed by atoms with van der Waals surface area (Å²) in [5, 5.41) is 11.9. The van der Waals surface area contributed by atoms with Gasteiger partial charge in [-0.1, -0.05) is 37.5 Å². The summed E-state index contributed by atoms with van der Waals surface area (Å²) in [5.41, 5.74) is 0.673. The zero-order valence-corrected chi connectivity index (χ0v) is 16.2. The van der Waals surface area contributed by atoms with E-state index in [2.05, 4.69) is 5.32 Å². The molecule has 2 aliphatic rings. The van der Waals surface area contributed by atoms with Crippen LogP contribution in [-0.2, 0) is 0 Å². The molecular weight excluding hydrogens is 385 g/mol. The number of nitrogens with zero attached hydrogens (tertiary/aromatic N) is 2. The number of amides is 3. The Kier molecular flexibility index (Phi) is 5.32. The SMILES string of the molecule is N#CC(NC(=O)c1ccc2c(c1)C(=O)N(C1CCCCC1)C2=O)c1ccccc1F. The minimum atomic E-state index is -1.18. The lowest BCUT2D eigenvalue weighted by molar-refractivity contribution is 0.0548. The standard InChI is InChI=1S/C23H20FN3O3/c24-19-9-5-4-8-17(19)20(13-25)26-21(28)14-10-11-16-18(12-14)23(30)27(22(16)29)15-6-2-1-3-7-15/h4-5,8-12,15,20H,1-3,6-7H2,(H,26,28). The summed E-state index contributed by atoms with van der Waals surface area (Å²) < 4.78 is 14.0. The zero-order valence-electron chi connectivity index (χ0n) is 16.2. The molecule has 2 aromatic carbocycles. The van der Waals surface area contributed by atoms with Crippen LogP contribution in [0.2, 0.25) is 0 Å². The van der Waals surface area contributed by atoms with Gasteiger partial charge in [-0.2, -0.15) is 5.26 Å². The largest absolute Gasteiger partial charge is 0.332 e. The molecule has 0 bridgehead atoms. The second-order valence-corrected chi connectivity index (χ2v) is 7.59. The number of imide groups is 1. The predicted octanol–water partition coefficient (Wildman–Crippen LogP) is 3.75. The van der Waals surface area contributed by atoms with Crippen LogP contribution in [-0.4, -0.2) is 28.7 Å². The van der Waals surface area contributed by atoms with Gasteiger partial charge in [-0.15, -0.1) is 0 Å². The van der Waals surface area contributed by atoms with Crippen molar-refractivity contribution in [3.63, 3.8) is 0 Å². The molecule has 0 aromatic heterocycles. The molecule has 4 rings (SSSR count). The smallest absolute Gasteiger partial charge is 0.261 e. The minimum absolute atomic E-state index is 0.0595. The number of nitrogens with one attached hydrogen (secondary N) is 1. The first-order valence-electron chi connectivity index (χ1n) is 9.98. The molecule has 6 nitrogen and oxygen atoms in total. The number of nitriles is 1. The molecule has 1 fully saturated rings. The van der Waals surface area contributed by atoms with Gasteiger partial charge < -0.3 is 5.32 Å². The van der Waals surface area contributed by atoms with Crippen LogP contribution in [0.5, 0.6) is 0 Å². The fourth-order valence-electron chi connectivity index (χ4n) is 4.17. The third kappa shape index (κ3) is 3.45. The molecule has 1 aliphatic carbocycles. The van der Waals surface area contributed by atoms with Crippen LogP contribution < -0.4 is 5.32 Å². The van der Waals surface area contributed by atoms with Gasteiger partial charge in [-0.3, -0.25) is 19.3 Å². The first kappa shape index (κ1) is 19.8. The number of halogens is 1. The summed E-state index contributed by atoms with van der Waals surface area (Å²) in [6.45, 7) is 0. The van der Waals surface area contributed by atoms with Gasteiger partial charge >= 0.3 is 0 Å². The maximum atomic E-state index is 14.0. The number of benzene rings is 2. The first-order chi connectivity index (χ1) is 14.5. The zero-order chi connectivity index (χ0) is 21.3. The molecule has 1 unspecified atom stereocenters. The Morgan fingerprint density at radius 2 is 1.77 bits per heavy atom. The maximum Gasteiger partial charge on any atom is 0.261 e. The van der Waals surface area contributed by atoms with Crippen LogP contribution in [0.4, 0.5) is 4.39 Å². The molecule has 30 heavy (non-hydrogen) atoms. The third-order valence-corrected chi connectivity index (χ3v) is 5.74. The predicted molar refractivity (Wildman–Crippen MR) is 106 cm³/mol. The van der Waals surface area contributed by atoms with E-state index in [-0.39, 0.29) is 40.1 Å². The van der Waals surface area contributed by atoms with E-state index < -0.39 is 17.8 Å². The van der Waals surface area contributed by atoms with Crippen molar-refractivity contribution in [2.24, 2.45) is 0 Å². The highest BCUT2D eigenvalue weighted by Crippen LogP contribution is 2.31. The second-order valence-electron chi connectivity index (χ2n) is 7.59. The molecule has 1 N–H and O–H groups in total. The number of carbonyl (C=O) groups is 3. The Bertz CT molecular complexity index is 1070. The van der Waals surface area contributed by atoms with Crippen molar-refractivity contribution in [3.8, 4) is 6.07 Å². The van der Waals surface area contributed by atoms with Crippen molar-refractivity contribution in [3.05, 3.63) is 70.5 Å². The summed E-state index contributed by atoms with van der Waals surface area (Å²) in [5.74, 6) is -1.93. The summed E-state index contributed by atoms with van der Waals surface area (Å²) >= 11 is 0. The highest BCUT2D eigenvalue weighted by atomic mass is 19.1. The molecule has 2 aromatic rings. The van der Waals surface area contributed by atoms with Gasteiger partial charge in [-0.05, 0) is 37.1 Å². The van der Waals surface area contributed by atoms with Gasteiger partial charge in [0, 0.05) is 17.2 Å². The van der Waals surface area contributed by atoms with Crippen molar-refractivity contribution in [2.45, 2.75) is 44.2 Å². The molecule has 152 valence electrons. The number of hydrogen-bond donors (Lipinski definition) is 1. The Labute approximate surface area is 173 Å². The Morgan fingerprint density at radius 3 is 2.47 bits per heavy atom. The van der Waals surface area contributed by atoms with Gasteiger partial charge in [0.1, 0.15) is 11.9 Å². The van der Waals surface area contributed by atoms with Crippen LogP contribution in [0.1, 0.15) is 74.8 Å². The Balaban J connectivity index is 1.56. The molecule has 1 aliphatic heterocycles. The van der Waals surface area contributed by atoms with E-state index in [1.54, 1.807) is 6.07 Å². The van der Waals surface area contributed by atoms with E-state index in [0.717, 1.165) is 32.1 Å². The fourth-order valence-corrected chi connectivity index (χ4v) is 4.17. The van der Waals surface area contributed by atoms with Crippen LogP contribution in [0.3, 0.4) is 0 Å². The van der Waals surface area contributed by atoms with E-state index >= 15 is 0 Å². The van der Waals surface area contributed by atoms with Crippen LogP contribution in [0.25, 0.3) is 0 Å². The van der Waals surface area contributed by atoms with Crippen LogP contribution in [0, 0.1) is 17.1 Å².